The minimum absolute atomic E-state index is 0.230. The van der Waals surface area contributed by atoms with Crippen molar-refractivity contribution in [2.24, 2.45) is 0 Å². The predicted octanol–water partition coefficient (Wildman–Crippen LogP) is 3.73. The molecule has 0 aromatic heterocycles. The number of anilines is 1. The zero-order chi connectivity index (χ0) is 19.8. The largest absolute Gasteiger partial charge is 0.452 e. The van der Waals surface area contributed by atoms with Crippen molar-refractivity contribution in [3.05, 3.63) is 59.2 Å². The summed E-state index contributed by atoms with van der Waals surface area (Å²) in [5.74, 6) is -0.645. The third kappa shape index (κ3) is 5.26. The van der Waals surface area contributed by atoms with Crippen LogP contribution in [0.3, 0.4) is 0 Å². The molecule has 1 amide bonds. The van der Waals surface area contributed by atoms with Crippen LogP contribution in [0.15, 0.2) is 47.4 Å². The van der Waals surface area contributed by atoms with Gasteiger partial charge in [0.1, 0.15) is 0 Å². The van der Waals surface area contributed by atoms with Crippen molar-refractivity contribution in [1.82, 2.24) is 0 Å². The second-order valence-corrected chi connectivity index (χ2v) is 7.62. The van der Waals surface area contributed by atoms with Gasteiger partial charge in [-0.2, -0.15) is 0 Å². The second-order valence-electron chi connectivity index (χ2n) is 5.91. The van der Waals surface area contributed by atoms with E-state index in [1.807, 2.05) is 32.0 Å². The van der Waals surface area contributed by atoms with Crippen LogP contribution >= 0.6 is 0 Å². The number of nitrogens with one attached hydrogen (secondary N) is 1. The Morgan fingerprint density at radius 1 is 0.963 bits per heavy atom. The number of rotatable bonds is 8. The second kappa shape index (κ2) is 10.0. The van der Waals surface area contributed by atoms with Gasteiger partial charge >= 0.3 is 5.97 Å². The van der Waals surface area contributed by atoms with Gasteiger partial charge < -0.3 is 10.1 Å². The van der Waals surface area contributed by atoms with Crippen LogP contribution in [0.25, 0.3) is 0 Å². The number of benzene rings is 2. The highest BCUT2D eigenvalue weighted by Gasteiger charge is 2.18. The third-order valence-corrected chi connectivity index (χ3v) is 5.58. The van der Waals surface area contributed by atoms with E-state index in [4.69, 9.17) is 4.74 Å². The van der Waals surface area contributed by atoms with E-state index in [1.165, 1.54) is 0 Å². The van der Waals surface area contributed by atoms with Gasteiger partial charge in [0.05, 0.1) is 21.3 Å². The zero-order valence-electron chi connectivity index (χ0n) is 15.9. The maximum Gasteiger partial charge on any atom is 0.339 e. The fourth-order valence-corrected chi connectivity index (χ4v) is 3.71. The molecular formula is C21H25NO4S. The highest BCUT2D eigenvalue weighted by atomic mass is 32.2. The van der Waals surface area contributed by atoms with E-state index in [9.17, 15) is 13.8 Å². The summed E-state index contributed by atoms with van der Waals surface area (Å²) in [5.41, 5.74) is 3.10. The number of amides is 1. The molecule has 2 aromatic carbocycles. The Hall–Kier alpha value is -2.47. The number of carbonyl (C=O) groups is 2. The lowest BCUT2D eigenvalue weighted by Gasteiger charge is -2.14. The van der Waals surface area contributed by atoms with Crippen LogP contribution in [0.4, 0.5) is 5.69 Å². The fraction of sp³-hybridized carbons (Fsp3) is 0.333. The number of ether oxygens (including phenoxy) is 1. The lowest BCUT2D eigenvalue weighted by atomic mass is 10.0. The smallest absolute Gasteiger partial charge is 0.339 e. The normalized spacial score (nSPS) is 11.7. The van der Waals surface area contributed by atoms with Crippen molar-refractivity contribution in [2.45, 2.75) is 38.5 Å². The number of carbonyl (C=O) groups excluding carboxylic acids is 2. The summed E-state index contributed by atoms with van der Waals surface area (Å²) in [6.07, 6.45) is 1.58. The molecule has 5 nitrogen and oxygen atoms in total. The first-order valence-corrected chi connectivity index (χ1v) is 10.4. The third-order valence-electron chi connectivity index (χ3n) is 4.21. The van der Waals surface area contributed by atoms with Gasteiger partial charge in [0, 0.05) is 11.4 Å². The van der Waals surface area contributed by atoms with Crippen LogP contribution in [-0.2, 0) is 33.2 Å². The van der Waals surface area contributed by atoms with Crippen molar-refractivity contribution < 1.29 is 18.5 Å². The van der Waals surface area contributed by atoms with Gasteiger partial charge in [-0.1, -0.05) is 51.1 Å². The van der Waals surface area contributed by atoms with Crippen molar-refractivity contribution >= 4 is 28.4 Å². The highest BCUT2D eigenvalue weighted by Crippen LogP contribution is 2.22. The molecule has 2 aromatic rings. The van der Waals surface area contributed by atoms with Gasteiger partial charge in [-0.15, -0.1) is 0 Å². The van der Waals surface area contributed by atoms with E-state index in [0.29, 0.717) is 10.6 Å². The molecule has 0 bridgehead atoms. The lowest BCUT2D eigenvalue weighted by Crippen LogP contribution is -2.22. The van der Waals surface area contributed by atoms with E-state index in [2.05, 4.69) is 5.32 Å². The number of aryl methyl sites for hydroxylation is 2. The zero-order valence-corrected chi connectivity index (χ0v) is 16.7. The molecule has 0 fully saturated rings. The van der Waals surface area contributed by atoms with Gasteiger partial charge in [-0.3, -0.25) is 9.00 Å². The van der Waals surface area contributed by atoms with Gasteiger partial charge in [0.2, 0.25) is 0 Å². The molecule has 0 aliphatic heterocycles. The van der Waals surface area contributed by atoms with Crippen LogP contribution < -0.4 is 5.32 Å². The summed E-state index contributed by atoms with van der Waals surface area (Å²) in [6.45, 7) is 5.43. The SMILES string of the molecule is CCc1cccc(CC)c1NC(=O)COC(=O)c1ccccc1[S@](=O)CC. The Balaban J connectivity index is 2.07. The average Bonchev–Trinajstić information content (AvgIpc) is 2.71. The van der Waals surface area contributed by atoms with E-state index in [0.717, 1.165) is 29.7 Å². The van der Waals surface area contributed by atoms with Crippen molar-refractivity contribution in [3.63, 3.8) is 0 Å². The quantitative estimate of drug-likeness (QED) is 0.701. The monoisotopic (exact) mass is 387 g/mol. The van der Waals surface area contributed by atoms with Crippen molar-refractivity contribution in [2.75, 3.05) is 17.7 Å². The van der Waals surface area contributed by atoms with E-state index >= 15 is 0 Å². The minimum atomic E-state index is -1.28. The summed E-state index contributed by atoms with van der Waals surface area (Å²) in [6, 6.07) is 12.5. The van der Waals surface area contributed by atoms with Crippen LogP contribution in [0, 0.1) is 0 Å². The van der Waals surface area contributed by atoms with Crippen LogP contribution in [0.5, 0.6) is 0 Å². The Labute approximate surface area is 162 Å². The summed E-state index contributed by atoms with van der Waals surface area (Å²) >= 11 is 0. The maximum atomic E-state index is 12.4. The Kier molecular flexibility index (Phi) is 7.73. The topological polar surface area (TPSA) is 72.5 Å². The Morgan fingerprint density at radius 2 is 1.59 bits per heavy atom. The number of hydrogen-bond donors (Lipinski definition) is 1. The van der Waals surface area contributed by atoms with E-state index in [1.54, 1.807) is 31.2 Å². The summed E-state index contributed by atoms with van der Waals surface area (Å²) in [5, 5.41) is 2.86. The minimum Gasteiger partial charge on any atom is -0.452 e. The number of hydrogen-bond acceptors (Lipinski definition) is 4. The van der Waals surface area contributed by atoms with Crippen LogP contribution in [0.1, 0.15) is 42.3 Å². The fourth-order valence-electron chi connectivity index (χ4n) is 2.78. The molecule has 1 N–H and O–H groups in total. The van der Waals surface area contributed by atoms with Crippen LogP contribution in [-0.4, -0.2) is 28.4 Å². The first-order valence-electron chi connectivity index (χ1n) is 9.06. The number of para-hydroxylation sites is 1. The molecule has 1 atom stereocenters. The van der Waals surface area contributed by atoms with Gasteiger partial charge in [-0.05, 0) is 36.1 Å². The summed E-state index contributed by atoms with van der Waals surface area (Å²) in [7, 11) is -1.28. The van der Waals surface area contributed by atoms with E-state index < -0.39 is 29.3 Å². The number of esters is 1. The lowest BCUT2D eigenvalue weighted by molar-refractivity contribution is -0.119. The molecule has 6 heteroatoms. The van der Waals surface area contributed by atoms with Gasteiger partial charge in [0.15, 0.2) is 6.61 Å². The molecule has 0 spiro atoms. The van der Waals surface area contributed by atoms with Gasteiger partial charge in [-0.25, -0.2) is 4.79 Å². The maximum absolute atomic E-state index is 12.4. The summed E-state index contributed by atoms with van der Waals surface area (Å²) in [4.78, 5) is 25.1. The molecule has 0 aliphatic carbocycles. The first kappa shape index (κ1) is 20.8. The molecule has 0 saturated heterocycles. The highest BCUT2D eigenvalue weighted by molar-refractivity contribution is 7.85. The first-order chi connectivity index (χ1) is 13.0. The van der Waals surface area contributed by atoms with Crippen molar-refractivity contribution in [1.29, 1.82) is 0 Å². The standard InChI is InChI=1S/C21H25NO4S/c1-4-15-10-9-11-16(5-2)20(15)22-19(23)14-26-21(24)17-12-7-8-13-18(17)27(25)6-3/h7-13H,4-6,14H2,1-3H3,(H,22,23)/t27-/m1/s1. The molecule has 144 valence electrons. The molecule has 0 saturated carbocycles. The van der Waals surface area contributed by atoms with Crippen molar-refractivity contribution in [3.8, 4) is 0 Å². The van der Waals surface area contributed by atoms with E-state index in [-0.39, 0.29) is 5.56 Å². The van der Waals surface area contributed by atoms with Crippen LogP contribution in [0.2, 0.25) is 0 Å². The summed E-state index contributed by atoms with van der Waals surface area (Å²) < 4.78 is 17.2. The predicted molar refractivity (Wildman–Crippen MR) is 108 cm³/mol. The molecular weight excluding hydrogens is 362 g/mol. The molecule has 0 aliphatic rings. The molecule has 27 heavy (non-hydrogen) atoms. The molecule has 0 heterocycles. The molecule has 0 radical (unpaired) electrons. The van der Waals surface area contributed by atoms with Gasteiger partial charge in [0.25, 0.3) is 5.91 Å². The Morgan fingerprint density at radius 3 is 2.19 bits per heavy atom. The Bertz CT molecular complexity index is 826. The molecule has 0 unspecified atom stereocenters. The average molecular weight is 388 g/mol. The molecule has 2 rings (SSSR count).